The summed E-state index contributed by atoms with van der Waals surface area (Å²) >= 11 is 0. The van der Waals surface area contributed by atoms with Gasteiger partial charge in [-0.05, 0) is 62.6 Å². The first kappa shape index (κ1) is 18.3. The van der Waals surface area contributed by atoms with Crippen molar-refractivity contribution in [2.45, 2.75) is 26.2 Å². The van der Waals surface area contributed by atoms with Crippen LogP contribution in [0.3, 0.4) is 0 Å². The first-order valence-corrected chi connectivity index (χ1v) is 9.73. The van der Waals surface area contributed by atoms with Crippen LogP contribution >= 0.6 is 0 Å². The Kier molecular flexibility index (Phi) is 4.94. The van der Waals surface area contributed by atoms with Crippen molar-refractivity contribution in [3.8, 4) is 5.75 Å². The second-order valence-corrected chi connectivity index (χ2v) is 7.29. The molecule has 0 aliphatic carbocycles. The normalized spacial score (nSPS) is 16.3. The summed E-state index contributed by atoms with van der Waals surface area (Å²) in [6, 6.07) is 10.6. The Morgan fingerprint density at radius 2 is 1.68 bits per heavy atom. The van der Waals surface area contributed by atoms with Crippen molar-refractivity contribution in [3.63, 3.8) is 0 Å². The third-order valence-electron chi connectivity index (χ3n) is 5.54. The molecular formula is C22H24N2O4. The number of anilines is 2. The van der Waals surface area contributed by atoms with Gasteiger partial charge in [0.15, 0.2) is 0 Å². The van der Waals surface area contributed by atoms with Crippen molar-refractivity contribution in [3.05, 3.63) is 53.1 Å². The molecule has 0 saturated carbocycles. The molecule has 0 atom stereocenters. The SMILES string of the molecule is Cc1c(C(=O)N2CCCCC2)ccc2c1OCCN2c1ccc(C(=O)O)cc1. The highest BCUT2D eigenvalue weighted by Crippen LogP contribution is 2.40. The second kappa shape index (κ2) is 7.54. The Bertz CT molecular complexity index is 901. The van der Waals surface area contributed by atoms with Gasteiger partial charge in [0.05, 0.1) is 17.8 Å². The number of amides is 1. The van der Waals surface area contributed by atoms with Crippen LogP contribution in [0.25, 0.3) is 0 Å². The number of fused-ring (bicyclic) bond motifs is 1. The fourth-order valence-electron chi connectivity index (χ4n) is 3.98. The van der Waals surface area contributed by atoms with Crippen molar-refractivity contribution in [1.29, 1.82) is 0 Å². The predicted octanol–water partition coefficient (Wildman–Crippen LogP) is 3.85. The highest BCUT2D eigenvalue weighted by molar-refractivity contribution is 5.97. The maximum atomic E-state index is 13.0. The molecule has 2 aromatic rings. The van der Waals surface area contributed by atoms with Gasteiger partial charge in [0.25, 0.3) is 5.91 Å². The number of carbonyl (C=O) groups is 2. The smallest absolute Gasteiger partial charge is 0.335 e. The van der Waals surface area contributed by atoms with Crippen LogP contribution in [0.15, 0.2) is 36.4 Å². The summed E-state index contributed by atoms with van der Waals surface area (Å²) in [5.41, 5.74) is 3.63. The first-order chi connectivity index (χ1) is 13.6. The quantitative estimate of drug-likeness (QED) is 0.876. The molecule has 2 aliphatic heterocycles. The minimum atomic E-state index is -0.939. The first-order valence-electron chi connectivity index (χ1n) is 9.73. The largest absolute Gasteiger partial charge is 0.489 e. The fraction of sp³-hybridized carbons (Fsp3) is 0.364. The van der Waals surface area contributed by atoms with E-state index in [1.165, 1.54) is 6.42 Å². The number of likely N-dealkylation sites (tertiary alicyclic amines) is 1. The molecule has 2 aliphatic rings. The average molecular weight is 380 g/mol. The third kappa shape index (κ3) is 3.30. The summed E-state index contributed by atoms with van der Waals surface area (Å²) in [7, 11) is 0. The van der Waals surface area contributed by atoms with Crippen LogP contribution in [-0.2, 0) is 0 Å². The van der Waals surface area contributed by atoms with Gasteiger partial charge in [-0.1, -0.05) is 0 Å². The molecule has 0 bridgehead atoms. The van der Waals surface area contributed by atoms with E-state index in [0.717, 1.165) is 48.6 Å². The zero-order chi connectivity index (χ0) is 19.7. The van der Waals surface area contributed by atoms with Gasteiger partial charge in [0.2, 0.25) is 0 Å². The van der Waals surface area contributed by atoms with Crippen LogP contribution in [0.5, 0.6) is 5.75 Å². The highest BCUT2D eigenvalue weighted by atomic mass is 16.5. The van der Waals surface area contributed by atoms with Gasteiger partial charge in [-0.15, -0.1) is 0 Å². The predicted molar refractivity (Wildman–Crippen MR) is 107 cm³/mol. The molecule has 0 radical (unpaired) electrons. The Balaban J connectivity index is 1.65. The van der Waals surface area contributed by atoms with Gasteiger partial charge in [-0.25, -0.2) is 4.79 Å². The molecule has 6 heteroatoms. The summed E-state index contributed by atoms with van der Waals surface area (Å²) in [5.74, 6) is -0.131. The Morgan fingerprint density at radius 3 is 2.36 bits per heavy atom. The van der Waals surface area contributed by atoms with Crippen LogP contribution in [0.1, 0.15) is 45.5 Å². The monoisotopic (exact) mass is 380 g/mol. The summed E-state index contributed by atoms with van der Waals surface area (Å²) in [4.78, 5) is 28.1. The fourth-order valence-corrected chi connectivity index (χ4v) is 3.98. The van der Waals surface area contributed by atoms with Crippen LogP contribution in [0.2, 0.25) is 0 Å². The summed E-state index contributed by atoms with van der Waals surface area (Å²) in [6.45, 7) is 4.75. The molecule has 1 fully saturated rings. The van der Waals surface area contributed by atoms with Crippen molar-refractivity contribution in [2.24, 2.45) is 0 Å². The van der Waals surface area contributed by atoms with Gasteiger partial charge in [-0.3, -0.25) is 4.79 Å². The van der Waals surface area contributed by atoms with Crippen molar-refractivity contribution in [1.82, 2.24) is 4.90 Å². The number of carboxylic acid groups (broad SMARTS) is 1. The molecule has 2 heterocycles. The van der Waals surface area contributed by atoms with E-state index in [9.17, 15) is 9.59 Å². The number of carboxylic acids is 1. The number of hydrogen-bond acceptors (Lipinski definition) is 4. The number of nitrogens with zero attached hydrogens (tertiary/aromatic N) is 2. The molecule has 2 aromatic carbocycles. The molecule has 0 aromatic heterocycles. The maximum Gasteiger partial charge on any atom is 0.335 e. The molecule has 28 heavy (non-hydrogen) atoms. The summed E-state index contributed by atoms with van der Waals surface area (Å²) in [6.07, 6.45) is 3.31. The third-order valence-corrected chi connectivity index (χ3v) is 5.54. The van der Waals surface area contributed by atoms with Crippen molar-refractivity contribution in [2.75, 3.05) is 31.1 Å². The van der Waals surface area contributed by atoms with Crippen LogP contribution < -0.4 is 9.64 Å². The highest BCUT2D eigenvalue weighted by Gasteiger charge is 2.26. The number of ether oxygens (including phenoxy) is 1. The molecule has 0 unspecified atom stereocenters. The maximum absolute atomic E-state index is 13.0. The van der Waals surface area contributed by atoms with E-state index in [-0.39, 0.29) is 11.5 Å². The summed E-state index contributed by atoms with van der Waals surface area (Å²) in [5, 5.41) is 9.10. The second-order valence-electron chi connectivity index (χ2n) is 7.29. The molecule has 1 N–H and O–H groups in total. The molecule has 1 amide bonds. The number of benzene rings is 2. The lowest BCUT2D eigenvalue weighted by Gasteiger charge is -2.33. The van der Waals surface area contributed by atoms with Crippen molar-refractivity contribution < 1.29 is 19.4 Å². The van der Waals surface area contributed by atoms with E-state index in [0.29, 0.717) is 18.7 Å². The summed E-state index contributed by atoms with van der Waals surface area (Å²) < 4.78 is 5.94. The lowest BCUT2D eigenvalue weighted by atomic mass is 10.0. The standard InChI is InChI=1S/C22H24N2O4/c1-15-18(21(25)23-11-3-2-4-12-23)9-10-19-20(15)28-14-13-24(19)17-7-5-16(6-8-17)22(26)27/h5-10H,2-4,11-14H2,1H3,(H,26,27). The van der Waals surface area contributed by atoms with E-state index >= 15 is 0 Å². The van der Waals surface area contributed by atoms with E-state index in [2.05, 4.69) is 4.90 Å². The van der Waals surface area contributed by atoms with Gasteiger partial charge >= 0.3 is 5.97 Å². The van der Waals surface area contributed by atoms with Gasteiger partial charge in [0.1, 0.15) is 12.4 Å². The minimum absolute atomic E-state index is 0.0755. The molecule has 146 valence electrons. The van der Waals surface area contributed by atoms with Crippen molar-refractivity contribution >= 4 is 23.3 Å². The number of piperidine rings is 1. The van der Waals surface area contributed by atoms with Crippen LogP contribution in [0.4, 0.5) is 11.4 Å². The number of rotatable bonds is 3. The van der Waals surface area contributed by atoms with E-state index in [4.69, 9.17) is 9.84 Å². The lowest BCUT2D eigenvalue weighted by molar-refractivity contribution is 0.0694. The number of carbonyl (C=O) groups excluding carboxylic acids is 1. The average Bonchev–Trinajstić information content (AvgIpc) is 2.74. The van der Waals surface area contributed by atoms with Gasteiger partial charge < -0.3 is 19.6 Å². The van der Waals surface area contributed by atoms with Gasteiger partial charge in [0, 0.05) is 29.9 Å². The van der Waals surface area contributed by atoms with Crippen LogP contribution in [-0.4, -0.2) is 48.1 Å². The Labute approximate surface area is 164 Å². The van der Waals surface area contributed by atoms with E-state index in [1.807, 2.05) is 24.0 Å². The lowest BCUT2D eigenvalue weighted by Crippen LogP contribution is -2.36. The Hall–Kier alpha value is -3.02. The molecule has 6 nitrogen and oxygen atoms in total. The molecular weight excluding hydrogens is 356 g/mol. The van der Waals surface area contributed by atoms with E-state index < -0.39 is 5.97 Å². The van der Waals surface area contributed by atoms with Crippen LogP contribution in [0, 0.1) is 6.92 Å². The molecule has 1 saturated heterocycles. The molecule has 4 rings (SSSR count). The number of aromatic carboxylic acids is 1. The Morgan fingerprint density at radius 1 is 0.964 bits per heavy atom. The van der Waals surface area contributed by atoms with Gasteiger partial charge in [-0.2, -0.15) is 0 Å². The minimum Gasteiger partial charge on any atom is -0.489 e. The zero-order valence-electron chi connectivity index (χ0n) is 16.0. The zero-order valence-corrected chi connectivity index (χ0v) is 16.0. The van der Waals surface area contributed by atoms with E-state index in [1.54, 1.807) is 24.3 Å². The number of hydrogen-bond donors (Lipinski definition) is 1. The topological polar surface area (TPSA) is 70.1 Å². The molecule has 0 spiro atoms.